The molecule has 0 aliphatic heterocycles. The van der Waals surface area contributed by atoms with Gasteiger partial charge in [-0.2, -0.15) is 0 Å². The Balaban J connectivity index is 0.00000576. The lowest BCUT2D eigenvalue weighted by Gasteiger charge is -2.13. The summed E-state index contributed by atoms with van der Waals surface area (Å²) >= 11 is 1.89. The van der Waals surface area contributed by atoms with E-state index in [2.05, 4.69) is 57.3 Å². The molecule has 0 radical (unpaired) electrons. The van der Waals surface area contributed by atoms with E-state index in [-0.39, 0.29) is 12.4 Å². The summed E-state index contributed by atoms with van der Waals surface area (Å²) < 4.78 is 5.82. The molecule has 0 fully saturated rings. The summed E-state index contributed by atoms with van der Waals surface area (Å²) in [7, 11) is 0. The second-order valence-corrected chi connectivity index (χ2v) is 8.65. The van der Waals surface area contributed by atoms with Crippen LogP contribution in [0.4, 0.5) is 0 Å². The quantitative estimate of drug-likeness (QED) is 0.288. The molecule has 0 saturated heterocycles. The van der Waals surface area contributed by atoms with Crippen molar-refractivity contribution in [2.45, 2.75) is 76.4 Å². The topological polar surface area (TPSA) is 21.3 Å². The van der Waals surface area contributed by atoms with Gasteiger partial charge in [0.05, 0.1) is 6.61 Å². The van der Waals surface area contributed by atoms with Gasteiger partial charge in [0.2, 0.25) is 0 Å². The standard InChI is InChI=1S/C21H37NOS.ClH/c1-5-6-7-8-10-19(4)17-22-15-9-16-23-20-11-13-21(14-12-20)24-18(2)3;/h11-14,18-19,22H,5-10,15-17H2,1-4H3;1H. The predicted octanol–water partition coefficient (Wildman–Crippen LogP) is 6.57. The smallest absolute Gasteiger partial charge is 0.119 e. The van der Waals surface area contributed by atoms with E-state index >= 15 is 0 Å². The van der Waals surface area contributed by atoms with E-state index in [0.717, 1.165) is 37.8 Å². The van der Waals surface area contributed by atoms with Crippen LogP contribution >= 0.6 is 24.2 Å². The molecule has 4 heteroatoms. The first-order chi connectivity index (χ1) is 11.6. The number of hydrogen-bond acceptors (Lipinski definition) is 3. The van der Waals surface area contributed by atoms with E-state index in [1.807, 2.05) is 11.8 Å². The Hall–Kier alpha value is -0.380. The fourth-order valence-electron chi connectivity index (χ4n) is 2.64. The molecule has 1 aromatic rings. The van der Waals surface area contributed by atoms with Crippen molar-refractivity contribution in [2.75, 3.05) is 19.7 Å². The van der Waals surface area contributed by atoms with Gasteiger partial charge in [-0.05, 0) is 56.1 Å². The van der Waals surface area contributed by atoms with Crippen LogP contribution in [0.5, 0.6) is 5.75 Å². The van der Waals surface area contributed by atoms with Gasteiger partial charge in [0.25, 0.3) is 0 Å². The lowest BCUT2D eigenvalue weighted by Crippen LogP contribution is -2.23. The molecule has 0 heterocycles. The van der Waals surface area contributed by atoms with E-state index in [0.29, 0.717) is 5.25 Å². The molecule has 1 N–H and O–H groups in total. The number of rotatable bonds is 14. The Morgan fingerprint density at radius 3 is 2.36 bits per heavy atom. The number of halogens is 1. The maximum atomic E-state index is 5.82. The number of thioether (sulfide) groups is 1. The molecule has 2 nitrogen and oxygen atoms in total. The number of ether oxygens (including phenoxy) is 1. The maximum Gasteiger partial charge on any atom is 0.119 e. The van der Waals surface area contributed by atoms with E-state index in [1.165, 1.54) is 37.0 Å². The molecule has 0 saturated carbocycles. The van der Waals surface area contributed by atoms with Crippen molar-refractivity contribution in [3.63, 3.8) is 0 Å². The minimum Gasteiger partial charge on any atom is -0.494 e. The van der Waals surface area contributed by atoms with Gasteiger partial charge in [-0.25, -0.2) is 0 Å². The lowest BCUT2D eigenvalue weighted by atomic mass is 10.0. The molecule has 0 aromatic heterocycles. The van der Waals surface area contributed by atoms with Crippen LogP contribution in [-0.4, -0.2) is 24.9 Å². The van der Waals surface area contributed by atoms with E-state index in [9.17, 15) is 0 Å². The second-order valence-electron chi connectivity index (χ2n) is 7.00. The molecule has 1 unspecified atom stereocenters. The highest BCUT2D eigenvalue weighted by Crippen LogP contribution is 2.24. The summed E-state index contributed by atoms with van der Waals surface area (Å²) in [5.41, 5.74) is 0. The van der Waals surface area contributed by atoms with E-state index < -0.39 is 0 Å². The number of unbranched alkanes of at least 4 members (excludes halogenated alkanes) is 3. The number of hydrogen-bond donors (Lipinski definition) is 1. The Kier molecular flexibility index (Phi) is 15.6. The fraction of sp³-hybridized carbons (Fsp3) is 0.714. The van der Waals surface area contributed by atoms with Crippen LogP contribution < -0.4 is 10.1 Å². The average molecular weight is 388 g/mol. The summed E-state index contributed by atoms with van der Waals surface area (Å²) in [6, 6.07) is 8.46. The van der Waals surface area contributed by atoms with Gasteiger partial charge in [-0.15, -0.1) is 24.2 Å². The molecular formula is C21H38ClNOS. The fourth-order valence-corrected chi connectivity index (χ4v) is 3.48. The second kappa shape index (κ2) is 15.8. The van der Waals surface area contributed by atoms with Crippen molar-refractivity contribution in [2.24, 2.45) is 5.92 Å². The van der Waals surface area contributed by atoms with Gasteiger partial charge in [0.15, 0.2) is 0 Å². The third-order valence-corrected chi connectivity index (χ3v) is 5.02. The van der Waals surface area contributed by atoms with Crippen LogP contribution in [0.1, 0.15) is 66.2 Å². The highest BCUT2D eigenvalue weighted by molar-refractivity contribution is 7.99. The van der Waals surface area contributed by atoms with E-state index in [1.54, 1.807) is 0 Å². The van der Waals surface area contributed by atoms with Crippen molar-refractivity contribution in [3.8, 4) is 5.75 Å². The molecule has 0 aliphatic rings. The first kappa shape index (κ1) is 24.6. The monoisotopic (exact) mass is 387 g/mol. The Bertz CT molecular complexity index is 411. The minimum atomic E-state index is 0. The number of benzene rings is 1. The predicted molar refractivity (Wildman–Crippen MR) is 116 cm³/mol. The Labute approximate surface area is 166 Å². The van der Waals surface area contributed by atoms with Crippen LogP contribution in [0.2, 0.25) is 0 Å². The normalized spacial score (nSPS) is 12.0. The average Bonchev–Trinajstić information content (AvgIpc) is 2.56. The molecule has 0 spiro atoms. The molecule has 0 aliphatic carbocycles. The van der Waals surface area contributed by atoms with Crippen LogP contribution in [-0.2, 0) is 0 Å². The molecule has 1 atom stereocenters. The molecule has 1 rings (SSSR count). The zero-order chi connectivity index (χ0) is 17.6. The largest absolute Gasteiger partial charge is 0.494 e. The lowest BCUT2D eigenvalue weighted by molar-refractivity contribution is 0.305. The van der Waals surface area contributed by atoms with Crippen LogP contribution in [0.15, 0.2) is 29.2 Å². The third kappa shape index (κ3) is 13.5. The molecule has 0 bridgehead atoms. The van der Waals surface area contributed by atoms with Crippen molar-refractivity contribution < 1.29 is 4.74 Å². The van der Waals surface area contributed by atoms with Gasteiger partial charge in [0.1, 0.15) is 5.75 Å². The summed E-state index contributed by atoms with van der Waals surface area (Å²) in [6.07, 6.45) is 7.89. The summed E-state index contributed by atoms with van der Waals surface area (Å²) in [4.78, 5) is 1.31. The first-order valence-electron chi connectivity index (χ1n) is 9.72. The molecule has 1 aromatic carbocycles. The molecule has 25 heavy (non-hydrogen) atoms. The van der Waals surface area contributed by atoms with Gasteiger partial charge in [-0.1, -0.05) is 53.4 Å². The SMILES string of the molecule is CCCCCCC(C)CNCCCOc1ccc(SC(C)C)cc1.Cl. The Morgan fingerprint density at radius 1 is 1.00 bits per heavy atom. The highest BCUT2D eigenvalue weighted by Gasteiger charge is 2.02. The Morgan fingerprint density at radius 2 is 1.72 bits per heavy atom. The van der Waals surface area contributed by atoms with Gasteiger partial charge in [-0.3, -0.25) is 0 Å². The zero-order valence-electron chi connectivity index (χ0n) is 16.6. The van der Waals surface area contributed by atoms with Crippen molar-refractivity contribution in [3.05, 3.63) is 24.3 Å². The van der Waals surface area contributed by atoms with Crippen molar-refractivity contribution in [1.29, 1.82) is 0 Å². The zero-order valence-corrected chi connectivity index (χ0v) is 18.2. The van der Waals surface area contributed by atoms with Crippen molar-refractivity contribution in [1.82, 2.24) is 5.32 Å². The van der Waals surface area contributed by atoms with Crippen LogP contribution in [0.25, 0.3) is 0 Å². The van der Waals surface area contributed by atoms with Gasteiger partial charge in [0, 0.05) is 10.1 Å². The van der Waals surface area contributed by atoms with Gasteiger partial charge < -0.3 is 10.1 Å². The summed E-state index contributed by atoms with van der Waals surface area (Å²) in [5.74, 6) is 1.76. The molecule has 0 amide bonds. The molecular weight excluding hydrogens is 350 g/mol. The van der Waals surface area contributed by atoms with E-state index in [4.69, 9.17) is 4.74 Å². The highest BCUT2D eigenvalue weighted by atomic mass is 35.5. The minimum absolute atomic E-state index is 0. The third-order valence-electron chi connectivity index (χ3n) is 4.01. The van der Waals surface area contributed by atoms with Crippen LogP contribution in [0.3, 0.4) is 0 Å². The van der Waals surface area contributed by atoms with Crippen molar-refractivity contribution >= 4 is 24.2 Å². The van der Waals surface area contributed by atoms with Gasteiger partial charge >= 0.3 is 0 Å². The molecule has 146 valence electrons. The summed E-state index contributed by atoms with van der Waals surface area (Å²) in [5, 5.41) is 4.18. The first-order valence-corrected chi connectivity index (χ1v) is 10.6. The number of nitrogens with one attached hydrogen (secondary N) is 1. The summed E-state index contributed by atoms with van der Waals surface area (Å²) in [6.45, 7) is 12.0. The van der Waals surface area contributed by atoms with Crippen LogP contribution in [0, 0.1) is 5.92 Å². The maximum absolute atomic E-state index is 5.82.